The Hall–Kier alpha value is -2.45. The minimum Gasteiger partial charge on any atom is -0.326 e. The average Bonchev–Trinajstić information content (AvgIpc) is 3.81. The molecular weight excluding hydrogens is 699 g/mol. The van der Waals surface area contributed by atoms with Gasteiger partial charge < -0.3 is 16.0 Å². The Morgan fingerprint density at radius 3 is 1.53 bits per heavy atom. The summed E-state index contributed by atoms with van der Waals surface area (Å²) < 4.78 is 0. The Labute approximate surface area is 294 Å². The fourth-order valence-electron chi connectivity index (χ4n) is 3.67. The van der Waals surface area contributed by atoms with Gasteiger partial charge >= 0.3 is 0 Å². The van der Waals surface area contributed by atoms with E-state index in [2.05, 4.69) is 36.4 Å². The van der Waals surface area contributed by atoms with Crippen LogP contribution in [-0.4, -0.2) is 17.7 Å². The quantitative estimate of drug-likeness (QED) is 0.191. The third kappa shape index (κ3) is 14.7. The maximum atomic E-state index is 11.7. The maximum absolute atomic E-state index is 11.7. The van der Waals surface area contributed by atoms with Gasteiger partial charge in [0.15, 0.2) is 0 Å². The number of rotatable bonds is 9. The fourth-order valence-corrected chi connectivity index (χ4v) is 4.57. The summed E-state index contributed by atoms with van der Waals surface area (Å²) in [7, 11) is 0. The second-order valence-corrected chi connectivity index (χ2v) is 13.0. The van der Waals surface area contributed by atoms with Gasteiger partial charge in [-0.15, -0.1) is 0 Å². The number of amides is 3. The van der Waals surface area contributed by atoms with Gasteiger partial charge in [0.1, 0.15) is 0 Å². The molecule has 1 atom stereocenters. The van der Waals surface area contributed by atoms with Crippen LogP contribution in [-0.2, 0) is 14.4 Å². The molecule has 0 radical (unpaired) electrons. The van der Waals surface area contributed by atoms with Gasteiger partial charge in [0.2, 0.25) is 11.8 Å². The molecule has 0 saturated heterocycles. The van der Waals surface area contributed by atoms with E-state index in [-0.39, 0.29) is 23.6 Å². The van der Waals surface area contributed by atoms with Gasteiger partial charge in [0.25, 0.3) is 5.91 Å². The largest absolute Gasteiger partial charge is 0.326 e. The van der Waals surface area contributed by atoms with Crippen molar-refractivity contribution in [2.75, 3.05) is 16.0 Å². The zero-order valence-electron chi connectivity index (χ0n) is 25.1. The molecule has 3 aromatic rings. The van der Waals surface area contributed by atoms with Crippen LogP contribution in [0.3, 0.4) is 0 Å². The minimum atomic E-state index is -0.233. The number of hydrogen-bond donors (Lipinski definition) is 3. The maximum Gasteiger partial charge on any atom is 0.250 e. The zero-order chi connectivity index (χ0) is 33.7. The Morgan fingerprint density at radius 2 is 1.16 bits per heavy atom. The van der Waals surface area contributed by atoms with Crippen molar-refractivity contribution in [3.63, 3.8) is 0 Å². The van der Waals surface area contributed by atoms with Crippen molar-refractivity contribution in [1.29, 1.82) is 0 Å². The molecule has 0 spiro atoms. The van der Waals surface area contributed by atoms with Crippen LogP contribution < -0.4 is 16.0 Å². The summed E-state index contributed by atoms with van der Waals surface area (Å²) in [5, 5.41) is 11.0. The van der Waals surface area contributed by atoms with Crippen molar-refractivity contribution in [1.82, 2.24) is 0 Å². The predicted molar refractivity (Wildman–Crippen MR) is 192 cm³/mol. The van der Waals surface area contributed by atoms with E-state index in [0.717, 1.165) is 25.7 Å². The van der Waals surface area contributed by atoms with E-state index in [4.69, 9.17) is 69.6 Å². The lowest BCUT2D eigenvalue weighted by Gasteiger charge is -2.10. The second-order valence-electron chi connectivity index (χ2n) is 10.5. The zero-order valence-corrected chi connectivity index (χ0v) is 29.6. The van der Waals surface area contributed by atoms with E-state index < -0.39 is 0 Å². The van der Waals surface area contributed by atoms with Crippen molar-refractivity contribution in [2.45, 2.75) is 52.9 Å². The molecular formula is C33H35Cl6N3O3. The summed E-state index contributed by atoms with van der Waals surface area (Å²) in [4.78, 5) is 34.3. The molecule has 1 fully saturated rings. The summed E-state index contributed by atoms with van der Waals surface area (Å²) in [6, 6.07) is 15.0. The molecule has 6 nitrogen and oxygen atoms in total. The molecule has 1 aliphatic rings. The van der Waals surface area contributed by atoms with E-state index in [0.29, 0.717) is 65.1 Å². The summed E-state index contributed by atoms with van der Waals surface area (Å²) in [5.41, 5.74) is 2.44. The molecule has 12 heteroatoms. The van der Waals surface area contributed by atoms with Gasteiger partial charge in [-0.3, -0.25) is 14.4 Å². The van der Waals surface area contributed by atoms with Crippen LogP contribution in [0.1, 0.15) is 52.9 Å². The highest BCUT2D eigenvalue weighted by Crippen LogP contribution is 2.31. The number of halogens is 6. The van der Waals surface area contributed by atoms with E-state index >= 15 is 0 Å². The normalized spacial score (nSPS) is 12.4. The first-order chi connectivity index (χ1) is 21.2. The summed E-state index contributed by atoms with van der Waals surface area (Å²) in [6.45, 7) is 9.35. The van der Waals surface area contributed by atoms with Crippen molar-refractivity contribution in [3.05, 3.63) is 96.9 Å². The molecule has 45 heavy (non-hydrogen) atoms. The van der Waals surface area contributed by atoms with Crippen molar-refractivity contribution in [2.24, 2.45) is 11.8 Å². The summed E-state index contributed by atoms with van der Waals surface area (Å²) in [6.07, 6.45) is 4.68. The van der Waals surface area contributed by atoms with Gasteiger partial charge in [-0.2, -0.15) is 0 Å². The van der Waals surface area contributed by atoms with Crippen molar-refractivity contribution < 1.29 is 14.4 Å². The Balaban J connectivity index is 0.000000237. The van der Waals surface area contributed by atoms with Crippen LogP contribution in [0, 0.1) is 11.8 Å². The van der Waals surface area contributed by atoms with E-state index in [1.54, 1.807) is 61.5 Å². The number of anilines is 3. The molecule has 0 aromatic heterocycles. The van der Waals surface area contributed by atoms with Crippen molar-refractivity contribution >= 4 is 104 Å². The van der Waals surface area contributed by atoms with Gasteiger partial charge in [-0.1, -0.05) is 103 Å². The standard InChI is InChI=1S/C13H17Cl2NO.2C10H9Cl2NO/c1-3-4-9(2)7-13(17)16-10-5-6-11(14)12(15)8-10;11-8-4-3-7(5-9(8)12)13-10(14)6-1-2-6;1-6(2)10(14)13-7-3-4-8(11)9(12)5-7/h5-6,8-9H,3-4,7H2,1-2H3,(H,16,17);3-6H,1-2H2,(H,13,14);3-5H,1H2,2H3,(H,13,14). The number of benzene rings is 3. The second kappa shape index (κ2) is 19.3. The summed E-state index contributed by atoms with van der Waals surface area (Å²) >= 11 is 34.7. The highest BCUT2D eigenvalue weighted by Gasteiger charge is 2.29. The third-order valence-electron chi connectivity index (χ3n) is 6.22. The minimum absolute atomic E-state index is 0.0179. The number of nitrogens with one attached hydrogen (secondary N) is 3. The van der Waals surface area contributed by atoms with Crippen LogP contribution >= 0.6 is 69.6 Å². The Morgan fingerprint density at radius 1 is 0.733 bits per heavy atom. The van der Waals surface area contributed by atoms with E-state index in [1.165, 1.54) is 0 Å². The number of hydrogen-bond acceptors (Lipinski definition) is 3. The van der Waals surface area contributed by atoms with Gasteiger partial charge in [-0.05, 0) is 80.3 Å². The van der Waals surface area contributed by atoms with Crippen LogP contribution in [0.2, 0.25) is 30.1 Å². The molecule has 0 aliphatic heterocycles. The molecule has 3 aromatic carbocycles. The third-order valence-corrected chi connectivity index (χ3v) is 8.44. The van der Waals surface area contributed by atoms with E-state index in [1.807, 2.05) is 0 Å². The SMILES string of the molecule is C=C(C)C(=O)Nc1ccc(Cl)c(Cl)c1.CCCC(C)CC(=O)Nc1ccc(Cl)c(Cl)c1.O=C(Nc1ccc(Cl)c(Cl)c1)C1CC1. The lowest BCUT2D eigenvalue weighted by molar-refractivity contribution is -0.118. The highest BCUT2D eigenvalue weighted by molar-refractivity contribution is 6.43. The molecule has 1 saturated carbocycles. The predicted octanol–water partition coefficient (Wildman–Crippen LogP) is 11.6. The molecule has 0 bridgehead atoms. The van der Waals surface area contributed by atoms with Gasteiger partial charge in [0, 0.05) is 35.0 Å². The van der Waals surface area contributed by atoms with Gasteiger partial charge in [0.05, 0.1) is 30.1 Å². The molecule has 242 valence electrons. The Kier molecular flexibility index (Phi) is 16.6. The molecule has 3 amide bonds. The van der Waals surface area contributed by atoms with Crippen LogP contribution in [0.25, 0.3) is 0 Å². The number of carbonyl (C=O) groups is 3. The smallest absolute Gasteiger partial charge is 0.250 e. The average molecular weight is 734 g/mol. The van der Waals surface area contributed by atoms with Crippen molar-refractivity contribution in [3.8, 4) is 0 Å². The van der Waals surface area contributed by atoms with Crippen LogP contribution in [0.5, 0.6) is 0 Å². The van der Waals surface area contributed by atoms with Gasteiger partial charge in [-0.25, -0.2) is 0 Å². The topological polar surface area (TPSA) is 87.3 Å². The number of carbonyl (C=O) groups excluding carboxylic acids is 3. The first-order valence-electron chi connectivity index (χ1n) is 14.1. The molecule has 1 aliphatic carbocycles. The lowest BCUT2D eigenvalue weighted by atomic mass is 10.0. The lowest BCUT2D eigenvalue weighted by Crippen LogP contribution is -2.15. The first kappa shape index (κ1) is 38.7. The molecule has 0 heterocycles. The Bertz CT molecular complexity index is 1510. The molecule has 4 rings (SSSR count). The van der Waals surface area contributed by atoms with Crippen LogP contribution in [0.4, 0.5) is 17.1 Å². The molecule has 1 unspecified atom stereocenters. The monoisotopic (exact) mass is 731 g/mol. The fraction of sp³-hybridized carbons (Fsp3) is 0.303. The summed E-state index contributed by atoms with van der Waals surface area (Å²) in [5.74, 6) is 0.461. The van der Waals surface area contributed by atoms with Crippen LogP contribution in [0.15, 0.2) is 66.7 Å². The highest BCUT2D eigenvalue weighted by atomic mass is 35.5. The molecule has 3 N–H and O–H groups in total. The first-order valence-corrected chi connectivity index (χ1v) is 16.4. The van der Waals surface area contributed by atoms with E-state index in [9.17, 15) is 14.4 Å².